The number of nitrogens with zero attached hydrogens (tertiary/aromatic N) is 1. The number of rotatable bonds is 6. The lowest BCUT2D eigenvalue weighted by Gasteiger charge is -2.07. The Bertz CT molecular complexity index is 608. The van der Waals surface area contributed by atoms with Gasteiger partial charge in [-0.15, -0.1) is 0 Å². The van der Waals surface area contributed by atoms with Gasteiger partial charge in [-0.2, -0.15) is 0 Å². The Balaban J connectivity index is 0.00000242. The topological polar surface area (TPSA) is 53.2 Å². The summed E-state index contributed by atoms with van der Waals surface area (Å²) in [6.07, 6.45) is 6.13. The number of phenols is 1. The van der Waals surface area contributed by atoms with Gasteiger partial charge in [0.25, 0.3) is 0 Å². The highest BCUT2D eigenvalue weighted by Crippen LogP contribution is 2.26. The Morgan fingerprint density at radius 1 is 1.18 bits per heavy atom. The highest BCUT2D eigenvalue weighted by molar-refractivity contribution is 6.31. The predicted octanol–water partition coefficient (Wildman–Crippen LogP) is 0.146. The molecule has 0 radical (unpaired) electrons. The molecule has 4 nitrogen and oxygen atoms in total. The second-order valence-electron chi connectivity index (χ2n) is 4.78. The Morgan fingerprint density at radius 3 is 2.64 bits per heavy atom. The monoisotopic (exact) mass is 384 g/mol. The van der Waals surface area contributed by atoms with E-state index in [9.17, 15) is 9.90 Å². The number of phenolic OH excluding ortho intramolecular Hbond substituents is 1. The lowest BCUT2D eigenvalue weighted by molar-refractivity contribution is -0.697. The van der Waals surface area contributed by atoms with Crippen molar-refractivity contribution in [3.63, 3.8) is 0 Å². The van der Waals surface area contributed by atoms with E-state index in [1.807, 2.05) is 30.6 Å². The maximum Gasteiger partial charge on any atom is 0.224 e. The summed E-state index contributed by atoms with van der Waals surface area (Å²) in [5, 5.41) is 12.8. The fraction of sp³-hybridized carbons (Fsp3) is 0.250. The van der Waals surface area contributed by atoms with Crippen molar-refractivity contribution < 1.29 is 31.4 Å². The predicted molar refractivity (Wildman–Crippen MR) is 82.2 cm³/mol. The van der Waals surface area contributed by atoms with Crippen LogP contribution < -0.4 is 26.9 Å². The van der Waals surface area contributed by atoms with Crippen LogP contribution in [-0.2, 0) is 11.3 Å². The molecule has 0 aliphatic carbocycles. The lowest BCUT2D eigenvalue weighted by Crippen LogP contribution is -3.00. The normalized spacial score (nSPS) is 9.86. The van der Waals surface area contributed by atoms with Gasteiger partial charge in [-0.3, -0.25) is 4.79 Å². The number of halogens is 2. The number of pyridine rings is 1. The first-order chi connectivity index (χ1) is 10.1. The van der Waals surface area contributed by atoms with E-state index in [0.29, 0.717) is 17.1 Å². The number of hydrogen-bond donors (Lipinski definition) is 2. The molecule has 0 fully saturated rings. The van der Waals surface area contributed by atoms with Crippen molar-refractivity contribution in [2.75, 3.05) is 5.32 Å². The molecule has 0 atom stereocenters. The average Bonchev–Trinajstić information content (AvgIpc) is 2.48. The minimum atomic E-state index is -0.120. The molecule has 1 heterocycles. The van der Waals surface area contributed by atoms with E-state index < -0.39 is 0 Å². The number of hydrogen-bond acceptors (Lipinski definition) is 2. The third-order valence-corrected chi connectivity index (χ3v) is 3.32. The number of aromatic nitrogens is 1. The number of benzene rings is 1. The molecule has 1 aromatic carbocycles. The van der Waals surface area contributed by atoms with Crippen LogP contribution >= 0.6 is 11.6 Å². The molecule has 2 aromatic rings. The van der Waals surface area contributed by atoms with Crippen molar-refractivity contribution in [2.45, 2.75) is 25.8 Å². The fourth-order valence-corrected chi connectivity index (χ4v) is 2.16. The second-order valence-corrected chi connectivity index (χ2v) is 5.22. The summed E-state index contributed by atoms with van der Waals surface area (Å²) >= 11 is 5.83. The molecule has 2 N–H and O–H groups in total. The summed E-state index contributed by atoms with van der Waals surface area (Å²) in [7, 11) is 0. The average molecular weight is 386 g/mol. The Labute approximate surface area is 145 Å². The molecular formula is C16H18BrClN2O2. The number of amides is 1. The minimum Gasteiger partial charge on any atom is -1.00 e. The van der Waals surface area contributed by atoms with Crippen LogP contribution in [-0.4, -0.2) is 11.0 Å². The fourth-order valence-electron chi connectivity index (χ4n) is 1.98. The SMILES string of the molecule is O=C(CCCC[n+]1ccccc1)Nc1cc(Cl)ccc1O.[Br-]. The quantitative estimate of drug-likeness (QED) is 0.422. The molecule has 6 heteroatoms. The Morgan fingerprint density at radius 2 is 1.91 bits per heavy atom. The maximum atomic E-state index is 11.8. The molecule has 2 rings (SSSR count). The third-order valence-electron chi connectivity index (χ3n) is 3.08. The van der Waals surface area contributed by atoms with Gasteiger partial charge < -0.3 is 27.4 Å². The molecule has 1 amide bonds. The molecule has 22 heavy (non-hydrogen) atoms. The zero-order valence-electron chi connectivity index (χ0n) is 12.0. The van der Waals surface area contributed by atoms with Gasteiger partial charge in [-0.1, -0.05) is 17.7 Å². The maximum absolute atomic E-state index is 11.8. The van der Waals surface area contributed by atoms with Gasteiger partial charge in [0.05, 0.1) is 5.69 Å². The standard InChI is InChI=1S/C16H17ClN2O2.BrH/c17-13-7-8-15(20)14(12-13)18-16(21)6-2-5-11-19-9-3-1-4-10-19;/h1,3-4,7-10,12H,2,5-6,11H2,(H-,18,20,21);1H. The van der Waals surface area contributed by atoms with Crippen LogP contribution in [0, 0.1) is 0 Å². The van der Waals surface area contributed by atoms with Crippen LogP contribution in [0.1, 0.15) is 19.3 Å². The first-order valence-electron chi connectivity index (χ1n) is 6.87. The van der Waals surface area contributed by atoms with Crippen LogP contribution in [0.2, 0.25) is 5.02 Å². The summed E-state index contributed by atoms with van der Waals surface area (Å²) in [5.41, 5.74) is 0.352. The summed E-state index contributed by atoms with van der Waals surface area (Å²) in [4.78, 5) is 11.8. The zero-order chi connectivity index (χ0) is 15.1. The number of carbonyl (C=O) groups excluding carboxylic acids is 1. The van der Waals surface area contributed by atoms with Gasteiger partial charge in [-0.05, 0) is 24.6 Å². The molecule has 118 valence electrons. The Kier molecular flexibility index (Phi) is 7.91. The van der Waals surface area contributed by atoms with Crippen molar-refractivity contribution in [3.05, 3.63) is 53.8 Å². The van der Waals surface area contributed by atoms with Crippen LogP contribution in [0.15, 0.2) is 48.8 Å². The summed E-state index contributed by atoms with van der Waals surface area (Å²) < 4.78 is 2.08. The number of carbonyl (C=O) groups is 1. The zero-order valence-corrected chi connectivity index (χ0v) is 14.3. The van der Waals surface area contributed by atoms with Gasteiger partial charge >= 0.3 is 0 Å². The summed E-state index contributed by atoms with van der Waals surface area (Å²) in [5.74, 6) is -0.0989. The van der Waals surface area contributed by atoms with E-state index in [2.05, 4.69) is 9.88 Å². The van der Waals surface area contributed by atoms with E-state index in [1.54, 1.807) is 6.07 Å². The number of aryl methyl sites for hydroxylation is 1. The van der Waals surface area contributed by atoms with E-state index in [4.69, 9.17) is 11.6 Å². The van der Waals surface area contributed by atoms with E-state index >= 15 is 0 Å². The molecular weight excluding hydrogens is 368 g/mol. The number of aromatic hydroxyl groups is 1. The van der Waals surface area contributed by atoms with Crippen molar-refractivity contribution in [2.24, 2.45) is 0 Å². The van der Waals surface area contributed by atoms with E-state index in [0.717, 1.165) is 19.4 Å². The first-order valence-corrected chi connectivity index (χ1v) is 7.25. The molecule has 0 unspecified atom stereocenters. The van der Waals surface area contributed by atoms with Crippen molar-refractivity contribution in [1.82, 2.24) is 0 Å². The molecule has 0 saturated heterocycles. The number of anilines is 1. The second kappa shape index (κ2) is 9.43. The number of nitrogens with one attached hydrogen (secondary N) is 1. The highest BCUT2D eigenvalue weighted by Gasteiger charge is 2.07. The Hall–Kier alpha value is -1.59. The van der Waals surface area contributed by atoms with Crippen LogP contribution in [0.25, 0.3) is 0 Å². The first kappa shape index (κ1) is 18.5. The molecule has 0 saturated carbocycles. The third kappa shape index (κ3) is 6.03. The van der Waals surface area contributed by atoms with Crippen LogP contribution in [0.4, 0.5) is 5.69 Å². The molecule has 0 spiro atoms. The molecule has 0 aliphatic rings. The van der Waals surface area contributed by atoms with Crippen LogP contribution in [0.5, 0.6) is 5.75 Å². The minimum absolute atomic E-state index is 0. The molecule has 0 bridgehead atoms. The highest BCUT2D eigenvalue weighted by atomic mass is 79.9. The molecule has 1 aromatic heterocycles. The van der Waals surface area contributed by atoms with Crippen molar-refractivity contribution in [1.29, 1.82) is 0 Å². The van der Waals surface area contributed by atoms with Crippen molar-refractivity contribution >= 4 is 23.2 Å². The summed E-state index contributed by atoms with van der Waals surface area (Å²) in [6.45, 7) is 0.885. The van der Waals surface area contributed by atoms with Gasteiger partial charge in [0.15, 0.2) is 12.4 Å². The molecule has 0 aliphatic heterocycles. The van der Waals surface area contributed by atoms with E-state index in [-0.39, 0.29) is 28.6 Å². The number of unbranched alkanes of at least 4 members (excludes halogenated alkanes) is 1. The largest absolute Gasteiger partial charge is 1.00 e. The van der Waals surface area contributed by atoms with Crippen LogP contribution in [0.3, 0.4) is 0 Å². The van der Waals surface area contributed by atoms with Crippen molar-refractivity contribution in [3.8, 4) is 5.75 Å². The van der Waals surface area contributed by atoms with Gasteiger partial charge in [0.2, 0.25) is 5.91 Å². The van der Waals surface area contributed by atoms with Gasteiger partial charge in [-0.25, -0.2) is 4.57 Å². The van der Waals surface area contributed by atoms with Gasteiger partial charge in [0, 0.05) is 30.0 Å². The lowest BCUT2D eigenvalue weighted by atomic mass is 10.2. The summed E-state index contributed by atoms with van der Waals surface area (Å²) in [6, 6.07) is 10.5. The van der Waals surface area contributed by atoms with E-state index in [1.165, 1.54) is 12.1 Å². The smallest absolute Gasteiger partial charge is 0.224 e. The van der Waals surface area contributed by atoms with Gasteiger partial charge in [0.1, 0.15) is 12.3 Å².